The van der Waals surface area contributed by atoms with Gasteiger partial charge in [-0.1, -0.05) is 17.8 Å². The lowest BCUT2D eigenvalue weighted by molar-refractivity contribution is -0.114. The third-order valence-electron chi connectivity index (χ3n) is 4.28. The van der Waals surface area contributed by atoms with Gasteiger partial charge in [-0.05, 0) is 44.5 Å². The number of rotatable bonds is 8. The van der Waals surface area contributed by atoms with Crippen molar-refractivity contribution < 1.29 is 23.5 Å². The van der Waals surface area contributed by atoms with Gasteiger partial charge in [0.25, 0.3) is 5.22 Å². The van der Waals surface area contributed by atoms with Gasteiger partial charge in [-0.25, -0.2) is 4.79 Å². The van der Waals surface area contributed by atoms with Gasteiger partial charge in [0.2, 0.25) is 17.7 Å². The van der Waals surface area contributed by atoms with Crippen molar-refractivity contribution in [3.8, 4) is 11.5 Å². The first kappa shape index (κ1) is 23.5. The maximum absolute atomic E-state index is 12.5. The number of thiophene rings is 1. The summed E-state index contributed by atoms with van der Waals surface area (Å²) in [6, 6.07) is 7.00. The largest absolute Gasteiger partial charge is 0.462 e. The minimum absolute atomic E-state index is 0.0197. The molecule has 0 fully saturated rings. The summed E-state index contributed by atoms with van der Waals surface area (Å²) >= 11 is 2.41. The number of carbonyl (C=O) groups excluding carboxylic acids is 3. The van der Waals surface area contributed by atoms with E-state index in [-0.39, 0.29) is 35.3 Å². The Morgan fingerprint density at radius 2 is 1.97 bits per heavy atom. The standard InChI is InChI=1S/C21H22N4O5S2/c1-5-29-20(28)17-11(2)12(3)32-19(17)23-16(27)10-31-21-25-24-18(30-21)14-7-6-8-15(9-14)22-13(4)26/h6-9H,5,10H2,1-4H3,(H,22,26)(H,23,27). The van der Waals surface area contributed by atoms with Crippen LogP contribution in [0.1, 0.15) is 34.6 Å². The summed E-state index contributed by atoms with van der Waals surface area (Å²) in [5.41, 5.74) is 2.43. The van der Waals surface area contributed by atoms with Gasteiger partial charge in [0, 0.05) is 23.1 Å². The van der Waals surface area contributed by atoms with E-state index in [1.807, 2.05) is 13.8 Å². The number of esters is 1. The van der Waals surface area contributed by atoms with E-state index in [2.05, 4.69) is 20.8 Å². The normalized spacial score (nSPS) is 10.6. The fraction of sp³-hybridized carbons (Fsp3) is 0.286. The Bertz CT molecular complexity index is 1160. The number of nitrogens with zero attached hydrogens (tertiary/aromatic N) is 2. The van der Waals surface area contributed by atoms with Gasteiger partial charge in [-0.15, -0.1) is 21.5 Å². The fourth-order valence-corrected chi connectivity index (χ4v) is 4.40. The molecular formula is C21H22N4O5S2. The number of anilines is 2. The molecule has 9 nitrogen and oxygen atoms in total. The van der Waals surface area contributed by atoms with Gasteiger partial charge >= 0.3 is 5.97 Å². The van der Waals surface area contributed by atoms with E-state index >= 15 is 0 Å². The first-order valence-corrected chi connectivity index (χ1v) is 11.5. The average molecular weight is 475 g/mol. The second-order valence-corrected chi connectivity index (χ2v) is 8.83. The number of nitrogens with one attached hydrogen (secondary N) is 2. The highest BCUT2D eigenvalue weighted by Crippen LogP contribution is 2.33. The summed E-state index contributed by atoms with van der Waals surface area (Å²) in [6.45, 7) is 7.12. The molecule has 2 amide bonds. The summed E-state index contributed by atoms with van der Waals surface area (Å²) in [5, 5.41) is 14.1. The maximum Gasteiger partial charge on any atom is 0.341 e. The number of carbonyl (C=O) groups is 3. The van der Waals surface area contributed by atoms with E-state index in [1.165, 1.54) is 18.3 Å². The topological polar surface area (TPSA) is 123 Å². The molecule has 0 bridgehead atoms. The molecule has 2 aromatic heterocycles. The van der Waals surface area contributed by atoms with Crippen molar-refractivity contribution in [2.45, 2.75) is 32.9 Å². The third-order valence-corrected chi connectivity index (χ3v) is 6.22. The average Bonchev–Trinajstić information content (AvgIpc) is 3.31. The monoisotopic (exact) mass is 474 g/mol. The Hall–Kier alpha value is -3.18. The van der Waals surface area contributed by atoms with E-state index in [0.29, 0.717) is 21.8 Å². The van der Waals surface area contributed by atoms with Crippen LogP contribution < -0.4 is 10.6 Å². The molecule has 0 spiro atoms. The van der Waals surface area contributed by atoms with Crippen LogP contribution in [0.2, 0.25) is 0 Å². The first-order valence-electron chi connectivity index (χ1n) is 9.69. The number of thioether (sulfide) groups is 1. The summed E-state index contributed by atoms with van der Waals surface area (Å²) < 4.78 is 10.7. The van der Waals surface area contributed by atoms with Crippen molar-refractivity contribution in [3.05, 3.63) is 40.3 Å². The van der Waals surface area contributed by atoms with Gasteiger partial charge in [0.15, 0.2) is 0 Å². The van der Waals surface area contributed by atoms with E-state index < -0.39 is 5.97 Å². The molecule has 0 saturated heterocycles. The van der Waals surface area contributed by atoms with Crippen molar-refractivity contribution in [3.63, 3.8) is 0 Å². The predicted octanol–water partition coefficient (Wildman–Crippen LogP) is 4.28. The van der Waals surface area contributed by atoms with Gasteiger partial charge in [0.05, 0.1) is 17.9 Å². The number of amides is 2. The number of hydrogen-bond donors (Lipinski definition) is 2. The first-order chi connectivity index (χ1) is 15.3. The smallest absolute Gasteiger partial charge is 0.341 e. The highest BCUT2D eigenvalue weighted by Gasteiger charge is 2.22. The molecule has 0 saturated carbocycles. The molecule has 2 N–H and O–H groups in total. The second-order valence-electron chi connectivity index (χ2n) is 6.68. The lowest BCUT2D eigenvalue weighted by Crippen LogP contribution is -2.16. The maximum atomic E-state index is 12.5. The number of hydrogen-bond acceptors (Lipinski definition) is 9. The Morgan fingerprint density at radius 3 is 2.69 bits per heavy atom. The van der Waals surface area contributed by atoms with Crippen LogP contribution in [-0.2, 0) is 14.3 Å². The zero-order valence-electron chi connectivity index (χ0n) is 18.0. The molecule has 11 heteroatoms. The molecule has 2 heterocycles. The van der Waals surface area contributed by atoms with Crippen molar-refractivity contribution in [2.24, 2.45) is 0 Å². The number of benzene rings is 1. The van der Waals surface area contributed by atoms with E-state index in [9.17, 15) is 14.4 Å². The molecule has 168 valence electrons. The van der Waals surface area contributed by atoms with Crippen LogP contribution in [0.15, 0.2) is 33.9 Å². The number of aryl methyl sites for hydroxylation is 1. The minimum Gasteiger partial charge on any atom is -0.462 e. The van der Waals surface area contributed by atoms with Crippen LogP contribution in [0.5, 0.6) is 0 Å². The van der Waals surface area contributed by atoms with E-state index in [4.69, 9.17) is 9.15 Å². The highest BCUT2D eigenvalue weighted by atomic mass is 32.2. The summed E-state index contributed by atoms with van der Waals surface area (Å²) in [6.07, 6.45) is 0. The van der Waals surface area contributed by atoms with Crippen LogP contribution in [0.4, 0.5) is 10.7 Å². The summed E-state index contributed by atoms with van der Waals surface area (Å²) in [4.78, 5) is 36.9. The second kappa shape index (κ2) is 10.4. The predicted molar refractivity (Wildman–Crippen MR) is 123 cm³/mol. The molecule has 1 aromatic carbocycles. The molecule has 0 radical (unpaired) electrons. The summed E-state index contributed by atoms with van der Waals surface area (Å²) in [7, 11) is 0. The number of aromatic nitrogens is 2. The number of ether oxygens (including phenoxy) is 1. The Kier molecular flexibility index (Phi) is 7.65. The SMILES string of the molecule is CCOC(=O)c1c(NC(=O)CSc2nnc(-c3cccc(NC(C)=O)c3)o2)sc(C)c1C. The van der Waals surface area contributed by atoms with Crippen LogP contribution in [0.3, 0.4) is 0 Å². The van der Waals surface area contributed by atoms with Crippen molar-refractivity contribution in [2.75, 3.05) is 23.0 Å². The van der Waals surface area contributed by atoms with Gasteiger partial charge in [-0.2, -0.15) is 0 Å². The molecule has 0 atom stereocenters. The molecule has 0 aliphatic carbocycles. The molecular weight excluding hydrogens is 452 g/mol. The molecule has 0 aliphatic heterocycles. The molecule has 0 unspecified atom stereocenters. The van der Waals surface area contributed by atoms with Crippen LogP contribution in [0.25, 0.3) is 11.5 Å². The van der Waals surface area contributed by atoms with Crippen molar-refractivity contribution >= 4 is 51.6 Å². The summed E-state index contributed by atoms with van der Waals surface area (Å²) in [5.74, 6) is -0.660. The van der Waals surface area contributed by atoms with E-state index in [0.717, 1.165) is 22.2 Å². The van der Waals surface area contributed by atoms with Crippen molar-refractivity contribution in [1.29, 1.82) is 0 Å². The van der Waals surface area contributed by atoms with Gasteiger partial charge < -0.3 is 19.8 Å². The fourth-order valence-electron chi connectivity index (χ4n) is 2.77. The zero-order chi connectivity index (χ0) is 23.3. The quantitative estimate of drug-likeness (QED) is 0.366. The zero-order valence-corrected chi connectivity index (χ0v) is 19.6. The Balaban J connectivity index is 1.64. The van der Waals surface area contributed by atoms with Gasteiger partial charge in [0.1, 0.15) is 5.00 Å². The van der Waals surface area contributed by atoms with Crippen LogP contribution in [0, 0.1) is 13.8 Å². The molecule has 3 aromatic rings. The minimum atomic E-state index is -0.458. The van der Waals surface area contributed by atoms with Crippen LogP contribution >= 0.6 is 23.1 Å². The molecule has 32 heavy (non-hydrogen) atoms. The Morgan fingerprint density at radius 1 is 1.19 bits per heavy atom. The van der Waals surface area contributed by atoms with E-state index in [1.54, 1.807) is 31.2 Å². The lowest BCUT2D eigenvalue weighted by atomic mass is 10.1. The lowest BCUT2D eigenvalue weighted by Gasteiger charge is -2.06. The Labute approximate surface area is 192 Å². The third kappa shape index (κ3) is 5.74. The highest BCUT2D eigenvalue weighted by molar-refractivity contribution is 7.99. The molecule has 3 rings (SSSR count). The molecule has 0 aliphatic rings. The van der Waals surface area contributed by atoms with Crippen LogP contribution in [-0.4, -0.2) is 40.3 Å². The van der Waals surface area contributed by atoms with Crippen molar-refractivity contribution in [1.82, 2.24) is 10.2 Å². The van der Waals surface area contributed by atoms with Gasteiger partial charge in [-0.3, -0.25) is 9.59 Å².